The van der Waals surface area contributed by atoms with Gasteiger partial charge in [-0.15, -0.1) is 0 Å². The number of hydrogen-bond acceptors (Lipinski definition) is 2. The van der Waals surface area contributed by atoms with Crippen molar-refractivity contribution in [2.75, 3.05) is 26.2 Å². The van der Waals surface area contributed by atoms with E-state index < -0.39 is 0 Å². The Morgan fingerprint density at radius 2 is 1.40 bits per heavy atom. The van der Waals surface area contributed by atoms with Gasteiger partial charge in [0.1, 0.15) is 0 Å². The molecule has 3 rings (SSSR count). The predicted octanol–water partition coefficient (Wildman–Crippen LogP) is 3.26. The van der Waals surface area contributed by atoms with E-state index >= 15 is 0 Å². The number of nitrogens with zero attached hydrogens (tertiary/aromatic N) is 2. The minimum atomic E-state index is 0.210. The average molecular weight is 342 g/mol. The average Bonchev–Trinajstić information content (AvgIpc) is 3.19. The van der Waals surface area contributed by atoms with Gasteiger partial charge in [0.15, 0.2) is 0 Å². The highest BCUT2D eigenvalue weighted by Crippen LogP contribution is 2.28. The van der Waals surface area contributed by atoms with Crippen molar-refractivity contribution in [2.45, 2.75) is 51.4 Å². The maximum atomic E-state index is 12.4. The van der Waals surface area contributed by atoms with Crippen molar-refractivity contribution >= 4 is 11.8 Å². The van der Waals surface area contributed by atoms with E-state index in [4.69, 9.17) is 0 Å². The second-order valence-corrected chi connectivity index (χ2v) is 7.44. The molecule has 0 radical (unpaired) electrons. The molecule has 0 aromatic heterocycles. The van der Waals surface area contributed by atoms with Crippen LogP contribution in [0.4, 0.5) is 0 Å². The Balaban J connectivity index is 1.35. The number of piperazine rings is 1. The molecule has 0 spiro atoms. The minimum absolute atomic E-state index is 0.210. The van der Waals surface area contributed by atoms with E-state index in [0.717, 1.165) is 18.8 Å². The topological polar surface area (TPSA) is 40.6 Å². The number of carbonyl (C=O) groups is 2. The summed E-state index contributed by atoms with van der Waals surface area (Å²) in [5.74, 6) is 1.26. The van der Waals surface area contributed by atoms with E-state index in [1.807, 2.05) is 28.0 Å². The summed E-state index contributed by atoms with van der Waals surface area (Å²) in [6, 6.07) is 10.1. The van der Waals surface area contributed by atoms with Gasteiger partial charge in [0.05, 0.1) is 0 Å². The van der Waals surface area contributed by atoms with E-state index in [0.29, 0.717) is 39.0 Å². The molecule has 0 atom stereocenters. The predicted molar refractivity (Wildman–Crippen MR) is 99.1 cm³/mol. The van der Waals surface area contributed by atoms with Crippen molar-refractivity contribution < 1.29 is 9.59 Å². The number of benzene rings is 1. The number of rotatable bonds is 6. The maximum Gasteiger partial charge on any atom is 0.223 e. The Morgan fingerprint density at radius 1 is 0.840 bits per heavy atom. The lowest BCUT2D eigenvalue weighted by atomic mass is 10.0. The molecule has 1 saturated carbocycles. The SMILES string of the molecule is O=C(CCc1ccccc1)N1CCN(C(=O)CCC2CCCC2)CC1. The quantitative estimate of drug-likeness (QED) is 0.796. The van der Waals surface area contributed by atoms with Gasteiger partial charge in [-0.1, -0.05) is 56.0 Å². The number of amides is 2. The summed E-state index contributed by atoms with van der Waals surface area (Å²) in [5, 5.41) is 0. The molecular formula is C21H30N2O2. The monoisotopic (exact) mass is 342 g/mol. The molecule has 1 saturated heterocycles. The fraction of sp³-hybridized carbons (Fsp3) is 0.619. The van der Waals surface area contributed by atoms with Crippen molar-refractivity contribution in [3.63, 3.8) is 0 Å². The molecule has 136 valence electrons. The van der Waals surface area contributed by atoms with Crippen LogP contribution in [-0.4, -0.2) is 47.8 Å². The molecule has 1 heterocycles. The van der Waals surface area contributed by atoms with Gasteiger partial charge in [0.25, 0.3) is 0 Å². The minimum Gasteiger partial charge on any atom is -0.339 e. The van der Waals surface area contributed by atoms with E-state index in [9.17, 15) is 9.59 Å². The third kappa shape index (κ3) is 5.32. The molecule has 2 amide bonds. The highest BCUT2D eigenvalue weighted by Gasteiger charge is 2.24. The molecule has 0 unspecified atom stereocenters. The lowest BCUT2D eigenvalue weighted by molar-refractivity contribution is -0.139. The highest BCUT2D eigenvalue weighted by molar-refractivity contribution is 5.78. The van der Waals surface area contributed by atoms with Crippen LogP contribution in [0.15, 0.2) is 30.3 Å². The molecule has 1 aliphatic carbocycles. The van der Waals surface area contributed by atoms with Crippen LogP contribution in [0.5, 0.6) is 0 Å². The molecule has 0 N–H and O–H groups in total. The Morgan fingerprint density at radius 3 is 2.00 bits per heavy atom. The Bertz CT molecular complexity index is 559. The van der Waals surface area contributed by atoms with E-state index in [1.165, 1.54) is 31.2 Å². The largest absolute Gasteiger partial charge is 0.339 e. The third-order valence-electron chi connectivity index (χ3n) is 5.70. The van der Waals surface area contributed by atoms with E-state index in [-0.39, 0.29) is 11.8 Å². The van der Waals surface area contributed by atoms with Crippen LogP contribution < -0.4 is 0 Å². The fourth-order valence-electron chi connectivity index (χ4n) is 4.04. The summed E-state index contributed by atoms with van der Waals surface area (Å²) >= 11 is 0. The number of aryl methyl sites for hydroxylation is 1. The highest BCUT2D eigenvalue weighted by atomic mass is 16.2. The number of hydrogen-bond donors (Lipinski definition) is 0. The molecular weight excluding hydrogens is 312 g/mol. The standard InChI is InChI=1S/C21H30N2O2/c24-20(12-10-18-6-2-1-3-7-18)22-14-16-23(17-15-22)21(25)13-11-19-8-4-5-9-19/h1-3,6-7,19H,4-5,8-17H2. The maximum absolute atomic E-state index is 12.4. The van der Waals surface area contributed by atoms with Crippen LogP contribution in [0, 0.1) is 5.92 Å². The molecule has 0 bridgehead atoms. The van der Waals surface area contributed by atoms with Crippen molar-refractivity contribution in [1.82, 2.24) is 9.80 Å². The van der Waals surface area contributed by atoms with Gasteiger partial charge in [-0.05, 0) is 24.3 Å². The Hall–Kier alpha value is -1.84. The molecule has 1 aromatic carbocycles. The molecule has 1 aromatic rings. The van der Waals surface area contributed by atoms with Gasteiger partial charge in [0.2, 0.25) is 11.8 Å². The molecule has 2 fully saturated rings. The summed E-state index contributed by atoms with van der Waals surface area (Å²) in [7, 11) is 0. The van der Waals surface area contributed by atoms with Gasteiger partial charge in [-0.2, -0.15) is 0 Å². The first-order chi connectivity index (χ1) is 12.2. The van der Waals surface area contributed by atoms with Crippen LogP contribution in [0.25, 0.3) is 0 Å². The first-order valence-electron chi connectivity index (χ1n) is 9.82. The molecule has 4 nitrogen and oxygen atoms in total. The molecule has 1 aliphatic heterocycles. The lowest BCUT2D eigenvalue weighted by Gasteiger charge is -2.35. The van der Waals surface area contributed by atoms with Crippen LogP contribution >= 0.6 is 0 Å². The Kier molecular flexibility index (Phi) is 6.48. The van der Waals surface area contributed by atoms with Gasteiger partial charge in [-0.3, -0.25) is 9.59 Å². The van der Waals surface area contributed by atoms with E-state index in [2.05, 4.69) is 12.1 Å². The van der Waals surface area contributed by atoms with Gasteiger partial charge >= 0.3 is 0 Å². The lowest BCUT2D eigenvalue weighted by Crippen LogP contribution is -2.50. The summed E-state index contributed by atoms with van der Waals surface area (Å²) in [5.41, 5.74) is 1.21. The second kappa shape index (κ2) is 9.02. The van der Waals surface area contributed by atoms with Crippen LogP contribution in [0.2, 0.25) is 0 Å². The van der Waals surface area contributed by atoms with Gasteiger partial charge < -0.3 is 9.80 Å². The molecule has 2 aliphatic rings. The summed E-state index contributed by atoms with van der Waals surface area (Å²) in [6.45, 7) is 2.76. The van der Waals surface area contributed by atoms with Crippen molar-refractivity contribution in [2.24, 2.45) is 5.92 Å². The zero-order valence-electron chi connectivity index (χ0n) is 15.2. The van der Waals surface area contributed by atoms with Crippen molar-refractivity contribution in [3.05, 3.63) is 35.9 Å². The zero-order chi connectivity index (χ0) is 17.5. The van der Waals surface area contributed by atoms with Crippen molar-refractivity contribution in [1.29, 1.82) is 0 Å². The first-order valence-corrected chi connectivity index (χ1v) is 9.82. The van der Waals surface area contributed by atoms with Gasteiger partial charge in [0, 0.05) is 39.0 Å². The smallest absolute Gasteiger partial charge is 0.223 e. The van der Waals surface area contributed by atoms with Crippen LogP contribution in [-0.2, 0) is 16.0 Å². The second-order valence-electron chi connectivity index (χ2n) is 7.44. The zero-order valence-corrected chi connectivity index (χ0v) is 15.2. The normalized spacial score (nSPS) is 18.6. The molecule has 25 heavy (non-hydrogen) atoms. The summed E-state index contributed by atoms with van der Waals surface area (Å²) in [4.78, 5) is 28.6. The number of carbonyl (C=O) groups excluding carboxylic acids is 2. The molecule has 4 heteroatoms. The van der Waals surface area contributed by atoms with E-state index in [1.54, 1.807) is 0 Å². The third-order valence-corrected chi connectivity index (χ3v) is 5.70. The van der Waals surface area contributed by atoms with Crippen LogP contribution in [0.3, 0.4) is 0 Å². The van der Waals surface area contributed by atoms with Crippen LogP contribution in [0.1, 0.15) is 50.5 Å². The summed E-state index contributed by atoms with van der Waals surface area (Å²) in [6.07, 6.45) is 8.36. The first kappa shape index (κ1) is 18.0. The Labute approximate surface area is 151 Å². The van der Waals surface area contributed by atoms with Gasteiger partial charge in [-0.25, -0.2) is 0 Å². The fourth-order valence-corrected chi connectivity index (χ4v) is 4.04. The van der Waals surface area contributed by atoms with Crippen molar-refractivity contribution in [3.8, 4) is 0 Å². The summed E-state index contributed by atoms with van der Waals surface area (Å²) < 4.78 is 0.